The van der Waals surface area contributed by atoms with Crippen LogP contribution in [0.4, 0.5) is 4.39 Å². The molecular formula is C18H27ClFN3O. The van der Waals surface area contributed by atoms with E-state index in [1.54, 1.807) is 12.1 Å². The molecule has 4 nitrogen and oxygen atoms in total. The van der Waals surface area contributed by atoms with Crippen molar-refractivity contribution >= 4 is 17.6 Å². The van der Waals surface area contributed by atoms with E-state index in [1.807, 2.05) is 13.8 Å². The quantitative estimate of drug-likeness (QED) is 0.403. The molecule has 1 saturated carbocycles. The maximum absolute atomic E-state index is 14.0. The molecule has 0 aliphatic heterocycles. The third-order valence-electron chi connectivity index (χ3n) is 4.00. The van der Waals surface area contributed by atoms with Gasteiger partial charge in [0.2, 0.25) is 0 Å². The molecule has 24 heavy (non-hydrogen) atoms. The van der Waals surface area contributed by atoms with Crippen LogP contribution in [0, 0.1) is 5.82 Å². The fraction of sp³-hybridized carbons (Fsp3) is 0.611. The lowest BCUT2D eigenvalue weighted by Crippen LogP contribution is -2.39. The number of hydrogen-bond donors (Lipinski definition) is 2. The SMILES string of the molecule is CCNC(=NCCCCOCC)NC1CC1c1c(F)cccc1Cl. The zero-order chi connectivity index (χ0) is 17.4. The van der Waals surface area contributed by atoms with E-state index in [4.69, 9.17) is 16.3 Å². The van der Waals surface area contributed by atoms with Crippen LogP contribution in [0.15, 0.2) is 23.2 Å². The standard InChI is InChI=1S/C18H27ClFN3O/c1-3-21-18(22-10-5-6-11-24-4-2)23-16-12-13(16)17-14(19)8-7-9-15(17)20/h7-9,13,16H,3-6,10-12H2,1-2H3,(H2,21,22,23). The minimum absolute atomic E-state index is 0.112. The zero-order valence-corrected chi connectivity index (χ0v) is 15.2. The highest BCUT2D eigenvalue weighted by Crippen LogP contribution is 2.44. The Morgan fingerprint density at radius 3 is 2.92 bits per heavy atom. The number of hydrogen-bond acceptors (Lipinski definition) is 2. The number of halogens is 2. The van der Waals surface area contributed by atoms with Gasteiger partial charge >= 0.3 is 0 Å². The molecule has 1 aromatic rings. The molecular weight excluding hydrogens is 329 g/mol. The fourth-order valence-electron chi connectivity index (χ4n) is 2.69. The molecule has 6 heteroatoms. The molecule has 0 saturated heterocycles. The Bertz CT molecular complexity index is 533. The first kappa shape index (κ1) is 19.0. The Hall–Kier alpha value is -1.33. The highest BCUT2D eigenvalue weighted by atomic mass is 35.5. The average Bonchev–Trinajstić information content (AvgIpc) is 3.29. The topological polar surface area (TPSA) is 45.7 Å². The summed E-state index contributed by atoms with van der Waals surface area (Å²) >= 11 is 6.15. The van der Waals surface area contributed by atoms with Gasteiger partial charge in [0.25, 0.3) is 0 Å². The summed E-state index contributed by atoms with van der Waals surface area (Å²) in [7, 11) is 0. The molecule has 1 aliphatic carbocycles. The minimum Gasteiger partial charge on any atom is -0.382 e. The summed E-state index contributed by atoms with van der Waals surface area (Å²) in [4.78, 5) is 4.58. The van der Waals surface area contributed by atoms with Crippen molar-refractivity contribution in [2.75, 3.05) is 26.3 Å². The van der Waals surface area contributed by atoms with Gasteiger partial charge in [-0.15, -0.1) is 0 Å². The van der Waals surface area contributed by atoms with E-state index in [2.05, 4.69) is 15.6 Å². The number of nitrogens with one attached hydrogen (secondary N) is 2. The molecule has 2 rings (SSSR count). The number of guanidine groups is 1. The van der Waals surface area contributed by atoms with Crippen molar-refractivity contribution < 1.29 is 9.13 Å². The van der Waals surface area contributed by atoms with Crippen molar-refractivity contribution in [3.63, 3.8) is 0 Å². The first-order valence-corrected chi connectivity index (χ1v) is 9.11. The Morgan fingerprint density at radius 2 is 2.21 bits per heavy atom. The number of nitrogens with zero attached hydrogens (tertiary/aromatic N) is 1. The zero-order valence-electron chi connectivity index (χ0n) is 14.4. The number of unbranched alkanes of at least 4 members (excludes halogenated alkanes) is 1. The van der Waals surface area contributed by atoms with Crippen molar-refractivity contribution in [1.29, 1.82) is 0 Å². The first-order chi connectivity index (χ1) is 11.7. The normalized spacial score (nSPS) is 20.1. The molecule has 1 aliphatic rings. The van der Waals surface area contributed by atoms with Crippen molar-refractivity contribution in [2.24, 2.45) is 4.99 Å². The molecule has 2 unspecified atom stereocenters. The number of rotatable bonds is 9. The molecule has 0 aromatic heterocycles. The second kappa shape index (κ2) is 9.84. The van der Waals surface area contributed by atoms with Crippen LogP contribution in [0.5, 0.6) is 0 Å². The van der Waals surface area contributed by atoms with Crippen LogP contribution in [-0.2, 0) is 4.74 Å². The number of aliphatic imine (C=N–C) groups is 1. The number of ether oxygens (including phenoxy) is 1. The van der Waals surface area contributed by atoms with Gasteiger partial charge in [-0.25, -0.2) is 4.39 Å². The molecule has 1 fully saturated rings. The van der Waals surface area contributed by atoms with Gasteiger partial charge < -0.3 is 15.4 Å². The maximum atomic E-state index is 14.0. The molecule has 0 radical (unpaired) electrons. The second-order valence-electron chi connectivity index (χ2n) is 5.89. The summed E-state index contributed by atoms with van der Waals surface area (Å²) in [5, 5.41) is 7.12. The molecule has 2 atom stereocenters. The molecule has 2 N–H and O–H groups in total. The van der Waals surface area contributed by atoms with Crippen LogP contribution in [-0.4, -0.2) is 38.3 Å². The summed E-state index contributed by atoms with van der Waals surface area (Å²) in [6, 6.07) is 5.03. The molecule has 0 bridgehead atoms. The number of benzene rings is 1. The monoisotopic (exact) mass is 355 g/mol. The van der Waals surface area contributed by atoms with Gasteiger partial charge in [0.1, 0.15) is 5.82 Å². The van der Waals surface area contributed by atoms with E-state index in [9.17, 15) is 4.39 Å². The van der Waals surface area contributed by atoms with Crippen LogP contribution < -0.4 is 10.6 Å². The van der Waals surface area contributed by atoms with E-state index in [1.165, 1.54) is 6.07 Å². The van der Waals surface area contributed by atoms with Crippen molar-refractivity contribution in [1.82, 2.24) is 10.6 Å². The van der Waals surface area contributed by atoms with Crippen LogP contribution in [0.1, 0.15) is 44.6 Å². The van der Waals surface area contributed by atoms with E-state index in [0.29, 0.717) is 10.6 Å². The Kier molecular flexibility index (Phi) is 7.79. The lowest BCUT2D eigenvalue weighted by Gasteiger charge is -2.12. The highest BCUT2D eigenvalue weighted by molar-refractivity contribution is 6.31. The second-order valence-corrected chi connectivity index (χ2v) is 6.30. The first-order valence-electron chi connectivity index (χ1n) is 8.73. The van der Waals surface area contributed by atoms with Crippen molar-refractivity contribution in [3.05, 3.63) is 34.6 Å². The summed E-state index contributed by atoms with van der Waals surface area (Å²) < 4.78 is 19.3. The van der Waals surface area contributed by atoms with Gasteiger partial charge in [-0.2, -0.15) is 0 Å². The average molecular weight is 356 g/mol. The molecule has 0 amide bonds. The van der Waals surface area contributed by atoms with E-state index in [0.717, 1.165) is 51.5 Å². The third kappa shape index (κ3) is 5.64. The van der Waals surface area contributed by atoms with E-state index in [-0.39, 0.29) is 17.8 Å². The van der Waals surface area contributed by atoms with Gasteiger partial charge in [-0.1, -0.05) is 17.7 Å². The Morgan fingerprint density at radius 1 is 1.38 bits per heavy atom. The summed E-state index contributed by atoms with van der Waals surface area (Å²) in [5.41, 5.74) is 0.615. The van der Waals surface area contributed by atoms with Gasteiger partial charge in [0, 0.05) is 48.8 Å². The van der Waals surface area contributed by atoms with Crippen LogP contribution in [0.25, 0.3) is 0 Å². The lowest BCUT2D eigenvalue weighted by atomic mass is 10.1. The van der Waals surface area contributed by atoms with Crippen LogP contribution in [0.2, 0.25) is 5.02 Å². The minimum atomic E-state index is -0.227. The Balaban J connectivity index is 1.83. The van der Waals surface area contributed by atoms with Gasteiger partial charge in [-0.05, 0) is 45.2 Å². The van der Waals surface area contributed by atoms with Crippen LogP contribution >= 0.6 is 11.6 Å². The van der Waals surface area contributed by atoms with Gasteiger partial charge in [0.05, 0.1) is 0 Å². The predicted octanol–water partition coefficient (Wildman–Crippen LogP) is 3.71. The predicted molar refractivity (Wildman–Crippen MR) is 97.4 cm³/mol. The van der Waals surface area contributed by atoms with Crippen molar-refractivity contribution in [3.8, 4) is 0 Å². The van der Waals surface area contributed by atoms with Crippen molar-refractivity contribution in [2.45, 2.75) is 45.1 Å². The maximum Gasteiger partial charge on any atom is 0.191 e. The lowest BCUT2D eigenvalue weighted by molar-refractivity contribution is 0.144. The van der Waals surface area contributed by atoms with E-state index < -0.39 is 0 Å². The van der Waals surface area contributed by atoms with Crippen LogP contribution in [0.3, 0.4) is 0 Å². The summed E-state index contributed by atoms with van der Waals surface area (Å²) in [6.45, 7) is 7.12. The third-order valence-corrected chi connectivity index (χ3v) is 4.33. The fourth-order valence-corrected chi connectivity index (χ4v) is 2.99. The molecule has 0 spiro atoms. The smallest absolute Gasteiger partial charge is 0.191 e. The van der Waals surface area contributed by atoms with E-state index >= 15 is 0 Å². The van der Waals surface area contributed by atoms with Gasteiger partial charge in [-0.3, -0.25) is 4.99 Å². The Labute approximate surface area is 148 Å². The molecule has 1 aromatic carbocycles. The summed E-state index contributed by atoms with van der Waals surface area (Å²) in [6.07, 6.45) is 2.87. The largest absolute Gasteiger partial charge is 0.382 e. The summed E-state index contributed by atoms with van der Waals surface area (Å²) in [5.74, 6) is 0.670. The molecule has 134 valence electrons. The van der Waals surface area contributed by atoms with Gasteiger partial charge in [0.15, 0.2) is 5.96 Å². The molecule has 0 heterocycles. The highest BCUT2D eigenvalue weighted by Gasteiger charge is 2.41.